The van der Waals surface area contributed by atoms with Crippen LogP contribution in [-0.4, -0.2) is 16.8 Å². The van der Waals surface area contributed by atoms with Gasteiger partial charge in [0.1, 0.15) is 5.69 Å². The molecule has 0 saturated heterocycles. The van der Waals surface area contributed by atoms with Crippen LogP contribution in [0.25, 0.3) is 0 Å². The summed E-state index contributed by atoms with van der Waals surface area (Å²) in [7, 11) is 0. The first kappa shape index (κ1) is 19.1. The summed E-state index contributed by atoms with van der Waals surface area (Å²) >= 11 is 7.19. The second-order valence-electron chi connectivity index (χ2n) is 5.99. The molecule has 1 heterocycles. The van der Waals surface area contributed by atoms with Crippen molar-refractivity contribution in [2.75, 3.05) is 10.6 Å². The zero-order valence-electron chi connectivity index (χ0n) is 14.7. The molecule has 0 saturated carbocycles. The number of rotatable bonds is 6. The van der Waals surface area contributed by atoms with Crippen LogP contribution in [0.2, 0.25) is 5.02 Å². The van der Waals surface area contributed by atoms with Gasteiger partial charge in [0.2, 0.25) is 5.91 Å². The Morgan fingerprint density at radius 3 is 2.67 bits per heavy atom. The number of carbonyl (C=O) groups excluding carboxylic acids is 2. The van der Waals surface area contributed by atoms with Crippen LogP contribution in [0.4, 0.5) is 10.8 Å². The number of nitrogens with zero attached hydrogens (tertiary/aromatic N) is 1. The molecule has 7 heteroatoms. The van der Waals surface area contributed by atoms with E-state index in [4.69, 9.17) is 11.6 Å². The van der Waals surface area contributed by atoms with Gasteiger partial charge in [-0.15, -0.1) is 11.3 Å². The zero-order chi connectivity index (χ0) is 19.2. The number of halogens is 1. The topological polar surface area (TPSA) is 71.1 Å². The average Bonchev–Trinajstić information content (AvgIpc) is 3.12. The molecular formula is C20H18ClN3O2S. The number of thiazole rings is 1. The molecule has 138 valence electrons. The summed E-state index contributed by atoms with van der Waals surface area (Å²) in [4.78, 5) is 28.6. The van der Waals surface area contributed by atoms with Crippen molar-refractivity contribution in [3.63, 3.8) is 0 Å². The van der Waals surface area contributed by atoms with E-state index in [1.54, 1.807) is 17.5 Å². The highest BCUT2D eigenvalue weighted by atomic mass is 35.5. The maximum absolute atomic E-state index is 12.4. The molecule has 1 aromatic heterocycles. The highest BCUT2D eigenvalue weighted by Gasteiger charge is 2.14. The summed E-state index contributed by atoms with van der Waals surface area (Å²) in [6.45, 7) is 1.88. The van der Waals surface area contributed by atoms with Crippen molar-refractivity contribution in [2.24, 2.45) is 0 Å². The van der Waals surface area contributed by atoms with Crippen molar-refractivity contribution >= 4 is 45.6 Å². The van der Waals surface area contributed by atoms with Crippen molar-refractivity contribution in [1.82, 2.24) is 4.98 Å². The third-order valence-corrected chi connectivity index (χ3v) is 4.91. The first-order valence-corrected chi connectivity index (χ1v) is 9.64. The van der Waals surface area contributed by atoms with Gasteiger partial charge in [0, 0.05) is 22.5 Å². The number of hydrogen-bond donors (Lipinski definition) is 2. The summed E-state index contributed by atoms with van der Waals surface area (Å²) in [5.74, 6) is -0.479. The average molecular weight is 400 g/mol. The molecule has 27 heavy (non-hydrogen) atoms. The highest BCUT2D eigenvalue weighted by molar-refractivity contribution is 7.14. The minimum atomic E-state index is -0.346. The second-order valence-corrected chi connectivity index (χ2v) is 7.28. The monoisotopic (exact) mass is 399 g/mol. The van der Waals surface area contributed by atoms with E-state index in [-0.39, 0.29) is 17.5 Å². The predicted octanol–water partition coefficient (Wildman–Crippen LogP) is 4.93. The molecular weight excluding hydrogens is 382 g/mol. The largest absolute Gasteiger partial charge is 0.320 e. The van der Waals surface area contributed by atoms with Crippen LogP contribution in [0.15, 0.2) is 53.9 Å². The zero-order valence-corrected chi connectivity index (χ0v) is 16.2. The molecule has 2 amide bonds. The van der Waals surface area contributed by atoms with Crippen molar-refractivity contribution in [2.45, 2.75) is 19.8 Å². The maximum Gasteiger partial charge on any atom is 0.275 e. The summed E-state index contributed by atoms with van der Waals surface area (Å²) in [5.41, 5.74) is 2.88. The molecule has 3 rings (SSSR count). The Bertz CT molecular complexity index is 957. The molecule has 0 aliphatic carbocycles. The minimum absolute atomic E-state index is 0.133. The Kier molecular flexibility index (Phi) is 6.21. The van der Waals surface area contributed by atoms with Gasteiger partial charge in [0.25, 0.3) is 5.91 Å². The standard InChI is InChI=1S/C20H18ClN3O2S/c1-13-7-9-15(21)11-16(13)22-19(26)17-12-27-20(23-17)24-18(25)10-8-14-5-3-2-4-6-14/h2-7,9,11-12H,8,10H2,1H3,(H,22,26)(H,23,24,25). The van der Waals surface area contributed by atoms with E-state index in [0.717, 1.165) is 11.1 Å². The van der Waals surface area contributed by atoms with Crippen molar-refractivity contribution < 1.29 is 9.59 Å². The van der Waals surface area contributed by atoms with Gasteiger partial charge in [0.15, 0.2) is 5.13 Å². The molecule has 2 N–H and O–H groups in total. The number of anilines is 2. The minimum Gasteiger partial charge on any atom is -0.320 e. The van der Waals surface area contributed by atoms with E-state index < -0.39 is 0 Å². The predicted molar refractivity (Wildman–Crippen MR) is 110 cm³/mol. The molecule has 2 aromatic carbocycles. The van der Waals surface area contributed by atoms with Crippen LogP contribution in [0.3, 0.4) is 0 Å². The van der Waals surface area contributed by atoms with E-state index in [0.29, 0.717) is 28.7 Å². The Hall–Kier alpha value is -2.70. The van der Waals surface area contributed by atoms with Crippen LogP contribution in [0.1, 0.15) is 28.0 Å². The van der Waals surface area contributed by atoms with Crippen LogP contribution in [0, 0.1) is 6.92 Å². The summed E-state index contributed by atoms with van der Waals surface area (Å²) in [6.07, 6.45) is 1.01. The van der Waals surface area contributed by atoms with Gasteiger partial charge in [-0.1, -0.05) is 48.0 Å². The molecule has 0 unspecified atom stereocenters. The molecule has 0 aliphatic rings. The second kappa shape index (κ2) is 8.79. The molecule has 5 nitrogen and oxygen atoms in total. The van der Waals surface area contributed by atoms with Crippen molar-refractivity contribution in [1.29, 1.82) is 0 Å². The summed E-state index contributed by atoms with van der Waals surface area (Å²) < 4.78 is 0. The smallest absolute Gasteiger partial charge is 0.275 e. The van der Waals surface area contributed by atoms with E-state index in [1.165, 1.54) is 11.3 Å². The Labute approximate surface area is 166 Å². The molecule has 0 radical (unpaired) electrons. The lowest BCUT2D eigenvalue weighted by Crippen LogP contribution is -2.15. The van der Waals surface area contributed by atoms with E-state index in [1.807, 2.05) is 43.3 Å². The number of benzene rings is 2. The fourth-order valence-electron chi connectivity index (χ4n) is 2.43. The van der Waals surface area contributed by atoms with Gasteiger partial charge in [-0.05, 0) is 36.6 Å². The SMILES string of the molecule is Cc1ccc(Cl)cc1NC(=O)c1csc(NC(=O)CCc2ccccc2)n1. The number of carbonyl (C=O) groups is 2. The lowest BCUT2D eigenvalue weighted by molar-refractivity contribution is -0.116. The normalized spacial score (nSPS) is 10.4. The number of hydrogen-bond acceptors (Lipinski definition) is 4. The lowest BCUT2D eigenvalue weighted by atomic mass is 10.1. The Balaban J connectivity index is 1.56. The first-order valence-electron chi connectivity index (χ1n) is 8.38. The number of nitrogens with one attached hydrogen (secondary N) is 2. The number of aromatic nitrogens is 1. The third-order valence-electron chi connectivity index (χ3n) is 3.91. The summed E-state index contributed by atoms with van der Waals surface area (Å²) in [6, 6.07) is 15.1. The Morgan fingerprint density at radius 2 is 1.89 bits per heavy atom. The van der Waals surface area contributed by atoms with Gasteiger partial charge in [0.05, 0.1) is 0 Å². The quantitative estimate of drug-likeness (QED) is 0.617. The van der Waals surface area contributed by atoms with Crippen LogP contribution in [-0.2, 0) is 11.2 Å². The van der Waals surface area contributed by atoms with Crippen LogP contribution < -0.4 is 10.6 Å². The molecule has 0 fully saturated rings. The first-order chi connectivity index (χ1) is 13.0. The van der Waals surface area contributed by atoms with Crippen molar-refractivity contribution in [3.05, 3.63) is 75.8 Å². The fraction of sp³-hybridized carbons (Fsp3) is 0.150. The molecule has 3 aromatic rings. The molecule has 0 atom stereocenters. The lowest BCUT2D eigenvalue weighted by Gasteiger charge is -2.07. The van der Waals surface area contributed by atoms with Gasteiger partial charge in [-0.2, -0.15) is 0 Å². The summed E-state index contributed by atoms with van der Waals surface area (Å²) in [5, 5.41) is 8.09. The third kappa shape index (κ3) is 5.39. The van der Waals surface area contributed by atoms with Gasteiger partial charge < -0.3 is 10.6 Å². The molecule has 0 spiro atoms. The molecule has 0 aliphatic heterocycles. The van der Waals surface area contributed by atoms with E-state index >= 15 is 0 Å². The number of amides is 2. The van der Waals surface area contributed by atoms with Gasteiger partial charge >= 0.3 is 0 Å². The van der Waals surface area contributed by atoms with E-state index in [9.17, 15) is 9.59 Å². The fourth-order valence-corrected chi connectivity index (χ4v) is 3.31. The van der Waals surface area contributed by atoms with Gasteiger partial charge in [-0.25, -0.2) is 4.98 Å². The van der Waals surface area contributed by atoms with Gasteiger partial charge in [-0.3, -0.25) is 9.59 Å². The van der Waals surface area contributed by atoms with Crippen LogP contribution in [0.5, 0.6) is 0 Å². The maximum atomic E-state index is 12.4. The van der Waals surface area contributed by atoms with Crippen molar-refractivity contribution in [3.8, 4) is 0 Å². The number of aryl methyl sites for hydroxylation is 2. The highest BCUT2D eigenvalue weighted by Crippen LogP contribution is 2.22. The molecule has 0 bridgehead atoms. The Morgan fingerprint density at radius 1 is 1.11 bits per heavy atom. The van der Waals surface area contributed by atoms with E-state index in [2.05, 4.69) is 15.6 Å². The van der Waals surface area contributed by atoms with Crippen LogP contribution >= 0.6 is 22.9 Å².